The van der Waals surface area contributed by atoms with Crippen molar-refractivity contribution in [2.75, 3.05) is 0 Å². The lowest BCUT2D eigenvalue weighted by Crippen LogP contribution is -2.00. The van der Waals surface area contributed by atoms with Crippen LogP contribution in [0.3, 0.4) is 0 Å². The van der Waals surface area contributed by atoms with E-state index in [4.69, 9.17) is 0 Å². The molecule has 1 aliphatic heterocycles. The molecular formula is C16H14FN5. The molecule has 3 aromatic heterocycles. The molecule has 22 heavy (non-hydrogen) atoms. The van der Waals surface area contributed by atoms with Gasteiger partial charge in [0.1, 0.15) is 11.5 Å². The second kappa shape index (κ2) is 4.99. The molecule has 1 N–H and O–H groups in total. The normalized spacial score (nSPS) is 13.4. The molecule has 0 bridgehead atoms. The largest absolute Gasteiger partial charge is 0.307 e. The van der Waals surface area contributed by atoms with Crippen LogP contribution in [-0.2, 0) is 20.1 Å². The molecule has 0 saturated heterocycles. The van der Waals surface area contributed by atoms with Gasteiger partial charge in [0.05, 0.1) is 17.6 Å². The Morgan fingerprint density at radius 3 is 2.86 bits per heavy atom. The number of nitrogens with one attached hydrogen (secondary N) is 1. The second-order valence-electron chi connectivity index (χ2n) is 5.31. The Hall–Kier alpha value is -2.60. The zero-order chi connectivity index (χ0) is 15.1. The maximum atomic E-state index is 13.1. The van der Waals surface area contributed by atoms with Gasteiger partial charge in [-0.2, -0.15) is 5.10 Å². The van der Waals surface area contributed by atoms with Gasteiger partial charge in [0.2, 0.25) is 0 Å². The first-order valence-corrected chi connectivity index (χ1v) is 7.06. The van der Waals surface area contributed by atoms with Gasteiger partial charge in [0.25, 0.3) is 0 Å². The summed E-state index contributed by atoms with van der Waals surface area (Å²) < 4.78 is 14.9. The van der Waals surface area contributed by atoms with E-state index in [0.29, 0.717) is 5.69 Å². The van der Waals surface area contributed by atoms with E-state index in [1.165, 1.54) is 17.8 Å². The van der Waals surface area contributed by atoms with E-state index >= 15 is 0 Å². The average Bonchev–Trinajstić information content (AvgIpc) is 3.14. The van der Waals surface area contributed by atoms with Crippen molar-refractivity contribution >= 4 is 0 Å². The molecule has 0 spiro atoms. The number of fused-ring (bicyclic) bond motifs is 1. The van der Waals surface area contributed by atoms with Crippen molar-refractivity contribution in [1.82, 2.24) is 25.1 Å². The molecule has 0 radical (unpaired) electrons. The van der Waals surface area contributed by atoms with Crippen LogP contribution in [0.15, 0.2) is 36.8 Å². The Morgan fingerprint density at radius 1 is 1.14 bits per heavy atom. The summed E-state index contributed by atoms with van der Waals surface area (Å²) in [5, 5.41) is 7.82. The Kier molecular flexibility index (Phi) is 2.97. The van der Waals surface area contributed by atoms with Gasteiger partial charge >= 0.3 is 0 Å². The van der Waals surface area contributed by atoms with E-state index in [-0.39, 0.29) is 5.82 Å². The Balaban J connectivity index is 1.90. The maximum absolute atomic E-state index is 13.1. The molecule has 4 rings (SSSR count). The molecule has 0 fully saturated rings. The molecule has 4 heterocycles. The minimum absolute atomic E-state index is 0.352. The van der Waals surface area contributed by atoms with Crippen molar-refractivity contribution in [3.8, 4) is 22.5 Å². The Morgan fingerprint density at radius 2 is 2.05 bits per heavy atom. The van der Waals surface area contributed by atoms with Crippen molar-refractivity contribution in [3.05, 3.63) is 53.9 Å². The minimum atomic E-state index is -0.352. The van der Waals surface area contributed by atoms with Gasteiger partial charge in [0.15, 0.2) is 0 Å². The topological polar surface area (TPSA) is 55.6 Å². The molecule has 0 unspecified atom stereocenters. The summed E-state index contributed by atoms with van der Waals surface area (Å²) in [5.74, 6) is -0.352. The van der Waals surface area contributed by atoms with Crippen molar-refractivity contribution in [3.63, 3.8) is 0 Å². The third-order valence-electron chi connectivity index (χ3n) is 3.83. The summed E-state index contributed by atoms with van der Waals surface area (Å²) in [5.41, 5.74) is 5.77. The second-order valence-corrected chi connectivity index (χ2v) is 5.31. The SMILES string of the molecule is Cn1cc(-c2ccnc3c2CNC3)c(-c2ccc(F)cn2)n1. The van der Waals surface area contributed by atoms with E-state index in [0.717, 1.165) is 35.6 Å². The van der Waals surface area contributed by atoms with Crippen LogP contribution in [0.2, 0.25) is 0 Å². The molecule has 110 valence electrons. The molecule has 0 saturated carbocycles. The predicted octanol–water partition coefficient (Wildman–Crippen LogP) is 2.29. The number of aromatic nitrogens is 4. The number of aryl methyl sites for hydroxylation is 1. The summed E-state index contributed by atoms with van der Waals surface area (Å²) in [4.78, 5) is 8.57. The zero-order valence-electron chi connectivity index (χ0n) is 12.0. The fraction of sp³-hybridized carbons (Fsp3) is 0.188. The fourth-order valence-corrected chi connectivity index (χ4v) is 2.83. The van der Waals surface area contributed by atoms with Crippen LogP contribution in [0.5, 0.6) is 0 Å². The van der Waals surface area contributed by atoms with Crippen molar-refractivity contribution < 1.29 is 4.39 Å². The Labute approximate surface area is 126 Å². The number of nitrogens with zero attached hydrogens (tertiary/aromatic N) is 4. The molecule has 1 aliphatic rings. The quantitative estimate of drug-likeness (QED) is 0.788. The van der Waals surface area contributed by atoms with Crippen LogP contribution in [0.4, 0.5) is 4.39 Å². The van der Waals surface area contributed by atoms with Crippen molar-refractivity contribution in [2.24, 2.45) is 7.05 Å². The van der Waals surface area contributed by atoms with Gasteiger partial charge in [-0.15, -0.1) is 0 Å². The average molecular weight is 295 g/mol. The summed E-state index contributed by atoms with van der Waals surface area (Å²) in [6.07, 6.45) is 5.00. The molecule has 0 aliphatic carbocycles. The lowest BCUT2D eigenvalue weighted by molar-refractivity contribution is 0.621. The summed E-state index contributed by atoms with van der Waals surface area (Å²) in [6, 6.07) is 5.05. The molecule has 5 nitrogen and oxygen atoms in total. The lowest BCUT2D eigenvalue weighted by atomic mass is 9.99. The maximum Gasteiger partial charge on any atom is 0.141 e. The number of pyridine rings is 2. The van der Waals surface area contributed by atoms with E-state index in [1.807, 2.05) is 25.5 Å². The number of hydrogen-bond acceptors (Lipinski definition) is 4. The molecule has 0 amide bonds. The highest BCUT2D eigenvalue weighted by molar-refractivity contribution is 5.81. The van der Waals surface area contributed by atoms with E-state index < -0.39 is 0 Å². The first-order valence-electron chi connectivity index (χ1n) is 7.06. The van der Waals surface area contributed by atoms with Gasteiger partial charge in [-0.1, -0.05) is 0 Å². The highest BCUT2D eigenvalue weighted by Crippen LogP contribution is 2.34. The van der Waals surface area contributed by atoms with Crippen LogP contribution in [0.25, 0.3) is 22.5 Å². The molecular weight excluding hydrogens is 281 g/mol. The van der Waals surface area contributed by atoms with Crippen molar-refractivity contribution in [2.45, 2.75) is 13.1 Å². The van der Waals surface area contributed by atoms with Crippen LogP contribution in [0.1, 0.15) is 11.3 Å². The monoisotopic (exact) mass is 295 g/mol. The summed E-state index contributed by atoms with van der Waals surface area (Å²) >= 11 is 0. The summed E-state index contributed by atoms with van der Waals surface area (Å²) in [7, 11) is 1.87. The third kappa shape index (κ3) is 2.08. The van der Waals surface area contributed by atoms with Gasteiger partial charge in [-0.25, -0.2) is 4.39 Å². The number of halogens is 1. The number of hydrogen-bond donors (Lipinski definition) is 1. The van der Waals surface area contributed by atoms with Gasteiger partial charge in [-0.05, 0) is 29.3 Å². The van der Waals surface area contributed by atoms with Crippen LogP contribution in [0, 0.1) is 5.82 Å². The minimum Gasteiger partial charge on any atom is -0.307 e. The molecule has 3 aromatic rings. The van der Waals surface area contributed by atoms with Gasteiger partial charge < -0.3 is 5.32 Å². The third-order valence-corrected chi connectivity index (χ3v) is 3.83. The first-order chi connectivity index (χ1) is 10.7. The van der Waals surface area contributed by atoms with Crippen LogP contribution in [-0.4, -0.2) is 19.7 Å². The highest BCUT2D eigenvalue weighted by Gasteiger charge is 2.21. The van der Waals surface area contributed by atoms with E-state index in [1.54, 1.807) is 10.7 Å². The predicted molar refractivity (Wildman–Crippen MR) is 80.2 cm³/mol. The van der Waals surface area contributed by atoms with Crippen LogP contribution < -0.4 is 5.32 Å². The Bertz CT molecular complexity index is 838. The van der Waals surface area contributed by atoms with Gasteiger partial charge in [-0.3, -0.25) is 14.6 Å². The van der Waals surface area contributed by atoms with E-state index in [2.05, 4.69) is 20.4 Å². The fourth-order valence-electron chi connectivity index (χ4n) is 2.83. The summed E-state index contributed by atoms with van der Waals surface area (Å²) in [6.45, 7) is 1.58. The first kappa shape index (κ1) is 13.1. The zero-order valence-corrected chi connectivity index (χ0v) is 12.0. The molecule has 0 atom stereocenters. The van der Waals surface area contributed by atoms with Crippen molar-refractivity contribution in [1.29, 1.82) is 0 Å². The molecule has 0 aromatic carbocycles. The standard InChI is InChI=1S/C16H14FN5/c1-22-9-13(11-4-5-19-15-8-18-7-12(11)15)16(21-22)14-3-2-10(17)6-20-14/h2-6,9,18H,7-8H2,1H3. The smallest absolute Gasteiger partial charge is 0.141 e. The molecule has 6 heteroatoms. The lowest BCUT2D eigenvalue weighted by Gasteiger charge is -2.07. The number of rotatable bonds is 2. The van der Waals surface area contributed by atoms with Gasteiger partial charge in [0, 0.05) is 38.1 Å². The van der Waals surface area contributed by atoms with E-state index in [9.17, 15) is 4.39 Å². The highest BCUT2D eigenvalue weighted by atomic mass is 19.1. The van der Waals surface area contributed by atoms with Crippen LogP contribution >= 0.6 is 0 Å².